The van der Waals surface area contributed by atoms with Crippen molar-refractivity contribution in [1.29, 1.82) is 0 Å². The number of rotatable bonds is 1. The molecule has 0 spiro atoms. The number of thioether (sulfide) groups is 1. The van der Waals surface area contributed by atoms with Gasteiger partial charge in [-0.2, -0.15) is 0 Å². The largest absolute Gasteiger partial charge is 0.301 e. The molecule has 0 saturated heterocycles. The number of nitrogens with one attached hydrogen (secondary N) is 1. The molecular weight excluding hydrogens is 224 g/mol. The third-order valence-electron chi connectivity index (χ3n) is 2.37. The summed E-state index contributed by atoms with van der Waals surface area (Å²) in [6, 6.07) is 5.59. The second-order valence-electron chi connectivity index (χ2n) is 3.30. The van der Waals surface area contributed by atoms with Gasteiger partial charge < -0.3 is 4.98 Å². The highest BCUT2D eigenvalue weighted by atomic mass is 32.2. The van der Waals surface area contributed by atoms with Gasteiger partial charge in [0.15, 0.2) is 10.8 Å². The molecule has 0 aliphatic carbocycles. The fraction of sp³-hybridized carbons (Fsp3) is 0.100. The van der Waals surface area contributed by atoms with Crippen LogP contribution in [0.3, 0.4) is 0 Å². The van der Waals surface area contributed by atoms with Gasteiger partial charge in [-0.15, -0.1) is 5.10 Å². The molecule has 0 unspecified atom stereocenters. The monoisotopic (exact) mass is 232 g/mol. The molecule has 0 fully saturated rings. The highest BCUT2D eigenvalue weighted by Gasteiger charge is 2.10. The third-order valence-corrected chi connectivity index (χ3v) is 2.95. The van der Waals surface area contributed by atoms with Gasteiger partial charge in [0, 0.05) is 6.20 Å². The number of pyridine rings is 1. The molecule has 0 aliphatic heterocycles. The summed E-state index contributed by atoms with van der Waals surface area (Å²) >= 11 is 1.39. The summed E-state index contributed by atoms with van der Waals surface area (Å²) in [6.07, 6.45) is 3.66. The van der Waals surface area contributed by atoms with Gasteiger partial charge in [0.25, 0.3) is 5.56 Å². The summed E-state index contributed by atoms with van der Waals surface area (Å²) in [5, 5.41) is 5.38. The van der Waals surface area contributed by atoms with Crippen LogP contribution in [0.15, 0.2) is 34.3 Å². The Bertz CT molecular complexity index is 730. The summed E-state index contributed by atoms with van der Waals surface area (Å²) in [5.74, 6) is 0. The SMILES string of the molecule is CSc1nc2nn3ccccc3c2c(=O)[nH]1. The van der Waals surface area contributed by atoms with Crippen molar-refractivity contribution >= 4 is 28.3 Å². The first-order valence-electron chi connectivity index (χ1n) is 4.71. The number of hydrogen-bond acceptors (Lipinski definition) is 4. The molecule has 16 heavy (non-hydrogen) atoms. The molecule has 0 atom stereocenters. The second-order valence-corrected chi connectivity index (χ2v) is 4.10. The van der Waals surface area contributed by atoms with Crippen LogP contribution in [0.2, 0.25) is 0 Å². The van der Waals surface area contributed by atoms with E-state index >= 15 is 0 Å². The van der Waals surface area contributed by atoms with Crippen molar-refractivity contribution in [3.05, 3.63) is 34.7 Å². The molecule has 0 bridgehead atoms. The van der Waals surface area contributed by atoms with E-state index in [4.69, 9.17) is 0 Å². The molecule has 3 heterocycles. The van der Waals surface area contributed by atoms with Crippen molar-refractivity contribution in [3.8, 4) is 0 Å². The fourth-order valence-corrected chi connectivity index (χ4v) is 2.04. The van der Waals surface area contributed by atoms with Crippen LogP contribution in [0.5, 0.6) is 0 Å². The number of hydrogen-bond donors (Lipinski definition) is 1. The molecule has 0 saturated carbocycles. The second kappa shape index (κ2) is 3.34. The zero-order chi connectivity index (χ0) is 11.1. The van der Waals surface area contributed by atoms with E-state index in [1.807, 2.05) is 24.5 Å². The molecule has 3 aromatic heterocycles. The van der Waals surface area contributed by atoms with Crippen LogP contribution in [0.1, 0.15) is 0 Å². The maximum Gasteiger partial charge on any atom is 0.263 e. The van der Waals surface area contributed by atoms with Gasteiger partial charge in [-0.3, -0.25) is 4.79 Å². The summed E-state index contributed by atoms with van der Waals surface area (Å²) < 4.78 is 1.66. The lowest BCUT2D eigenvalue weighted by Crippen LogP contribution is -2.08. The lowest BCUT2D eigenvalue weighted by Gasteiger charge is -1.93. The van der Waals surface area contributed by atoms with Gasteiger partial charge in [0.1, 0.15) is 5.39 Å². The zero-order valence-electron chi connectivity index (χ0n) is 8.47. The molecule has 3 aromatic rings. The van der Waals surface area contributed by atoms with E-state index in [2.05, 4.69) is 15.1 Å². The highest BCUT2D eigenvalue weighted by Crippen LogP contribution is 2.15. The Balaban J connectivity index is 2.55. The number of nitrogens with zero attached hydrogens (tertiary/aromatic N) is 3. The van der Waals surface area contributed by atoms with Crippen molar-refractivity contribution in [1.82, 2.24) is 19.6 Å². The normalized spacial score (nSPS) is 11.3. The van der Waals surface area contributed by atoms with Crippen LogP contribution in [0.4, 0.5) is 0 Å². The molecule has 0 radical (unpaired) electrons. The van der Waals surface area contributed by atoms with E-state index in [1.54, 1.807) is 10.7 Å². The predicted octanol–water partition coefficient (Wildman–Crippen LogP) is 1.29. The molecule has 1 N–H and O–H groups in total. The van der Waals surface area contributed by atoms with Crippen molar-refractivity contribution < 1.29 is 0 Å². The van der Waals surface area contributed by atoms with Gasteiger partial charge >= 0.3 is 0 Å². The quantitative estimate of drug-likeness (QED) is 0.507. The number of aromatic nitrogens is 4. The Morgan fingerprint density at radius 1 is 1.44 bits per heavy atom. The fourth-order valence-electron chi connectivity index (χ4n) is 1.66. The standard InChI is InChI=1S/C10H8N4OS/c1-16-10-11-8-7(9(15)12-10)6-4-2-3-5-14(6)13-8/h2-5H,1H3,(H,11,12,13,15). The summed E-state index contributed by atoms with van der Waals surface area (Å²) in [7, 11) is 0. The van der Waals surface area contributed by atoms with E-state index in [9.17, 15) is 4.79 Å². The summed E-state index contributed by atoms with van der Waals surface area (Å²) in [6.45, 7) is 0. The van der Waals surface area contributed by atoms with Crippen molar-refractivity contribution in [3.63, 3.8) is 0 Å². The zero-order valence-corrected chi connectivity index (χ0v) is 9.28. The van der Waals surface area contributed by atoms with Gasteiger partial charge in [-0.25, -0.2) is 9.50 Å². The lowest BCUT2D eigenvalue weighted by molar-refractivity contribution is 0.932. The highest BCUT2D eigenvalue weighted by molar-refractivity contribution is 7.98. The first kappa shape index (κ1) is 9.41. The summed E-state index contributed by atoms with van der Waals surface area (Å²) in [4.78, 5) is 18.9. The van der Waals surface area contributed by atoms with E-state index in [0.29, 0.717) is 16.2 Å². The average Bonchev–Trinajstić information content (AvgIpc) is 2.67. The van der Waals surface area contributed by atoms with Crippen LogP contribution in [-0.2, 0) is 0 Å². The molecule has 0 amide bonds. The first-order valence-corrected chi connectivity index (χ1v) is 5.93. The van der Waals surface area contributed by atoms with Gasteiger partial charge in [0.2, 0.25) is 0 Å². The van der Waals surface area contributed by atoms with Crippen LogP contribution in [0.25, 0.3) is 16.6 Å². The molecule has 80 valence electrons. The number of H-pyrrole nitrogens is 1. The van der Waals surface area contributed by atoms with Crippen LogP contribution < -0.4 is 5.56 Å². The average molecular weight is 232 g/mol. The third kappa shape index (κ3) is 1.23. The maximum absolute atomic E-state index is 11.9. The van der Waals surface area contributed by atoms with E-state index in [0.717, 1.165) is 5.52 Å². The Morgan fingerprint density at radius 2 is 2.31 bits per heavy atom. The topological polar surface area (TPSA) is 63.1 Å². The van der Waals surface area contributed by atoms with E-state index < -0.39 is 0 Å². The Hall–Kier alpha value is -1.82. The minimum Gasteiger partial charge on any atom is -0.301 e. The van der Waals surface area contributed by atoms with Gasteiger partial charge in [-0.1, -0.05) is 17.8 Å². The maximum atomic E-state index is 11.9. The number of aromatic amines is 1. The molecule has 0 aliphatic rings. The van der Waals surface area contributed by atoms with Gasteiger partial charge in [0.05, 0.1) is 5.52 Å². The lowest BCUT2D eigenvalue weighted by atomic mass is 10.3. The Morgan fingerprint density at radius 3 is 3.12 bits per heavy atom. The minimum atomic E-state index is -0.143. The smallest absolute Gasteiger partial charge is 0.263 e. The molecule has 3 rings (SSSR count). The van der Waals surface area contributed by atoms with Crippen molar-refractivity contribution in [2.75, 3.05) is 6.26 Å². The molecule has 0 aromatic carbocycles. The van der Waals surface area contributed by atoms with E-state index in [1.165, 1.54) is 11.8 Å². The van der Waals surface area contributed by atoms with Crippen molar-refractivity contribution in [2.24, 2.45) is 0 Å². The van der Waals surface area contributed by atoms with Crippen LogP contribution in [-0.4, -0.2) is 25.8 Å². The summed E-state index contributed by atoms with van der Waals surface area (Å²) in [5.41, 5.74) is 1.12. The Kier molecular flexibility index (Phi) is 1.97. The molecule has 5 nitrogen and oxygen atoms in total. The van der Waals surface area contributed by atoms with Gasteiger partial charge in [-0.05, 0) is 18.4 Å². The van der Waals surface area contributed by atoms with Crippen LogP contribution in [0, 0.1) is 0 Å². The van der Waals surface area contributed by atoms with Crippen molar-refractivity contribution in [2.45, 2.75) is 5.16 Å². The first-order chi connectivity index (χ1) is 7.79. The molecule has 6 heteroatoms. The predicted molar refractivity (Wildman–Crippen MR) is 62.9 cm³/mol. The number of fused-ring (bicyclic) bond motifs is 3. The molecular formula is C10H8N4OS. The minimum absolute atomic E-state index is 0.143. The van der Waals surface area contributed by atoms with Crippen LogP contribution >= 0.6 is 11.8 Å². The Labute approximate surface area is 94.5 Å². The van der Waals surface area contributed by atoms with E-state index in [-0.39, 0.29) is 5.56 Å².